The first-order valence-corrected chi connectivity index (χ1v) is 5.48. The van der Waals surface area contributed by atoms with Crippen LogP contribution in [0.3, 0.4) is 0 Å². The van der Waals surface area contributed by atoms with E-state index in [0.29, 0.717) is 18.8 Å². The zero-order valence-corrected chi connectivity index (χ0v) is 9.39. The molecule has 1 aliphatic rings. The molecular weight excluding hydrogens is 230 g/mol. The SMILES string of the molecule is O=C(c1ccc(Cl)nn1)N1CCC(CO)C1. The Morgan fingerprint density at radius 1 is 1.56 bits per heavy atom. The van der Waals surface area contributed by atoms with Gasteiger partial charge in [0.05, 0.1) is 0 Å². The van der Waals surface area contributed by atoms with E-state index in [-0.39, 0.29) is 23.6 Å². The first-order chi connectivity index (χ1) is 7.70. The Balaban J connectivity index is 2.05. The predicted molar refractivity (Wildman–Crippen MR) is 58.1 cm³/mol. The Kier molecular flexibility index (Phi) is 3.36. The molecule has 2 rings (SSSR count). The van der Waals surface area contributed by atoms with Gasteiger partial charge in [-0.3, -0.25) is 4.79 Å². The van der Waals surface area contributed by atoms with Gasteiger partial charge in [0.15, 0.2) is 10.8 Å². The summed E-state index contributed by atoms with van der Waals surface area (Å²) < 4.78 is 0. The number of halogens is 1. The first kappa shape index (κ1) is 11.3. The molecule has 0 saturated carbocycles. The highest BCUT2D eigenvalue weighted by Crippen LogP contribution is 2.17. The van der Waals surface area contributed by atoms with Gasteiger partial charge in [0.25, 0.3) is 5.91 Å². The molecular formula is C10H12ClN3O2. The van der Waals surface area contributed by atoms with Crippen molar-refractivity contribution in [1.82, 2.24) is 15.1 Å². The quantitative estimate of drug-likeness (QED) is 0.823. The highest BCUT2D eigenvalue weighted by atomic mass is 35.5. The molecule has 0 aromatic carbocycles. The van der Waals surface area contributed by atoms with Crippen LogP contribution in [0.25, 0.3) is 0 Å². The van der Waals surface area contributed by atoms with Crippen molar-refractivity contribution in [1.29, 1.82) is 0 Å². The average Bonchev–Trinajstić information content (AvgIpc) is 2.77. The molecule has 1 N–H and O–H groups in total. The summed E-state index contributed by atoms with van der Waals surface area (Å²) in [5, 5.41) is 16.6. The Labute approximate surface area is 98.0 Å². The first-order valence-electron chi connectivity index (χ1n) is 5.10. The molecule has 1 aromatic heterocycles. The van der Waals surface area contributed by atoms with Crippen molar-refractivity contribution in [2.24, 2.45) is 5.92 Å². The van der Waals surface area contributed by atoms with Crippen LogP contribution in [0, 0.1) is 5.92 Å². The van der Waals surface area contributed by atoms with Crippen LogP contribution < -0.4 is 0 Å². The van der Waals surface area contributed by atoms with Crippen LogP contribution in [-0.2, 0) is 0 Å². The monoisotopic (exact) mass is 241 g/mol. The van der Waals surface area contributed by atoms with E-state index in [4.69, 9.17) is 16.7 Å². The second-order valence-electron chi connectivity index (χ2n) is 3.83. The van der Waals surface area contributed by atoms with Gasteiger partial charge in [-0.2, -0.15) is 0 Å². The second-order valence-corrected chi connectivity index (χ2v) is 4.22. The van der Waals surface area contributed by atoms with Crippen molar-refractivity contribution >= 4 is 17.5 Å². The largest absolute Gasteiger partial charge is 0.396 e. The Hall–Kier alpha value is -1.20. The Bertz CT molecular complexity index is 382. The van der Waals surface area contributed by atoms with Crippen molar-refractivity contribution in [2.45, 2.75) is 6.42 Å². The van der Waals surface area contributed by atoms with Crippen molar-refractivity contribution < 1.29 is 9.90 Å². The number of carbonyl (C=O) groups excluding carboxylic acids is 1. The number of hydrogen-bond acceptors (Lipinski definition) is 4. The van der Waals surface area contributed by atoms with E-state index in [9.17, 15) is 4.79 Å². The lowest BCUT2D eigenvalue weighted by Crippen LogP contribution is -2.30. The Morgan fingerprint density at radius 3 is 2.94 bits per heavy atom. The van der Waals surface area contributed by atoms with E-state index in [0.717, 1.165) is 6.42 Å². The fourth-order valence-electron chi connectivity index (χ4n) is 1.76. The minimum atomic E-state index is -0.153. The molecule has 86 valence electrons. The van der Waals surface area contributed by atoms with E-state index in [1.807, 2.05) is 0 Å². The van der Waals surface area contributed by atoms with Crippen LogP contribution in [0.2, 0.25) is 5.15 Å². The molecule has 1 aliphatic heterocycles. The Morgan fingerprint density at radius 2 is 2.38 bits per heavy atom. The highest BCUT2D eigenvalue weighted by molar-refractivity contribution is 6.29. The fourth-order valence-corrected chi connectivity index (χ4v) is 1.86. The van der Waals surface area contributed by atoms with E-state index < -0.39 is 0 Å². The maximum atomic E-state index is 11.9. The van der Waals surface area contributed by atoms with E-state index in [2.05, 4.69) is 10.2 Å². The molecule has 1 aromatic rings. The van der Waals surface area contributed by atoms with Gasteiger partial charge in [0, 0.05) is 25.6 Å². The van der Waals surface area contributed by atoms with Crippen LogP contribution in [-0.4, -0.2) is 45.8 Å². The van der Waals surface area contributed by atoms with Gasteiger partial charge in [-0.1, -0.05) is 11.6 Å². The van der Waals surface area contributed by atoms with Gasteiger partial charge in [-0.05, 0) is 18.6 Å². The molecule has 1 amide bonds. The van der Waals surface area contributed by atoms with Crippen LogP contribution >= 0.6 is 11.6 Å². The smallest absolute Gasteiger partial charge is 0.274 e. The van der Waals surface area contributed by atoms with Crippen LogP contribution in [0.15, 0.2) is 12.1 Å². The van der Waals surface area contributed by atoms with Crippen molar-refractivity contribution in [2.75, 3.05) is 19.7 Å². The number of hydrogen-bond donors (Lipinski definition) is 1. The fraction of sp³-hybridized carbons (Fsp3) is 0.500. The number of carbonyl (C=O) groups is 1. The minimum Gasteiger partial charge on any atom is -0.396 e. The third-order valence-corrected chi connectivity index (χ3v) is 2.88. The lowest BCUT2D eigenvalue weighted by atomic mass is 10.1. The normalized spacial score (nSPS) is 20.1. The topological polar surface area (TPSA) is 66.3 Å². The number of aliphatic hydroxyl groups is 1. The number of amides is 1. The maximum absolute atomic E-state index is 11.9. The van der Waals surface area contributed by atoms with Crippen molar-refractivity contribution in [3.63, 3.8) is 0 Å². The zero-order chi connectivity index (χ0) is 11.5. The number of aliphatic hydroxyl groups excluding tert-OH is 1. The molecule has 1 saturated heterocycles. The third-order valence-electron chi connectivity index (χ3n) is 2.68. The summed E-state index contributed by atoms with van der Waals surface area (Å²) in [5.74, 6) is 0.0318. The second kappa shape index (κ2) is 4.76. The van der Waals surface area contributed by atoms with E-state index in [1.165, 1.54) is 0 Å². The summed E-state index contributed by atoms with van der Waals surface area (Å²) in [4.78, 5) is 13.6. The third kappa shape index (κ3) is 2.31. The summed E-state index contributed by atoms with van der Waals surface area (Å²) in [7, 11) is 0. The molecule has 1 atom stereocenters. The van der Waals surface area contributed by atoms with Gasteiger partial charge in [-0.15, -0.1) is 10.2 Å². The molecule has 2 heterocycles. The highest BCUT2D eigenvalue weighted by Gasteiger charge is 2.27. The molecule has 0 radical (unpaired) electrons. The molecule has 5 nitrogen and oxygen atoms in total. The van der Waals surface area contributed by atoms with Gasteiger partial charge >= 0.3 is 0 Å². The summed E-state index contributed by atoms with van der Waals surface area (Å²) in [6.07, 6.45) is 0.837. The molecule has 0 aliphatic carbocycles. The summed E-state index contributed by atoms with van der Waals surface area (Å²) in [6, 6.07) is 3.10. The minimum absolute atomic E-state index is 0.121. The maximum Gasteiger partial charge on any atom is 0.274 e. The van der Waals surface area contributed by atoms with Crippen LogP contribution in [0.1, 0.15) is 16.9 Å². The standard InChI is InChI=1S/C10H12ClN3O2/c11-9-2-1-8(12-13-9)10(16)14-4-3-7(5-14)6-15/h1-2,7,15H,3-6H2. The number of aromatic nitrogens is 2. The van der Waals surface area contributed by atoms with Crippen LogP contribution in [0.5, 0.6) is 0 Å². The lowest BCUT2D eigenvalue weighted by Gasteiger charge is -2.14. The van der Waals surface area contributed by atoms with Gasteiger partial charge in [0.1, 0.15) is 0 Å². The lowest BCUT2D eigenvalue weighted by molar-refractivity contribution is 0.0775. The molecule has 16 heavy (non-hydrogen) atoms. The van der Waals surface area contributed by atoms with E-state index in [1.54, 1.807) is 17.0 Å². The van der Waals surface area contributed by atoms with Crippen molar-refractivity contribution in [3.8, 4) is 0 Å². The predicted octanol–water partition coefficient (Wildman–Crippen LogP) is 0.584. The molecule has 6 heteroatoms. The summed E-state index contributed by atoms with van der Waals surface area (Å²) >= 11 is 5.59. The summed E-state index contributed by atoms with van der Waals surface area (Å²) in [6.45, 7) is 1.37. The van der Waals surface area contributed by atoms with Gasteiger partial charge in [-0.25, -0.2) is 0 Å². The van der Waals surface area contributed by atoms with Gasteiger partial charge < -0.3 is 10.0 Å². The number of nitrogens with zero attached hydrogens (tertiary/aromatic N) is 3. The van der Waals surface area contributed by atoms with Gasteiger partial charge in [0.2, 0.25) is 0 Å². The molecule has 1 fully saturated rings. The van der Waals surface area contributed by atoms with Crippen LogP contribution in [0.4, 0.5) is 0 Å². The molecule has 0 bridgehead atoms. The van der Waals surface area contributed by atoms with Crippen molar-refractivity contribution in [3.05, 3.63) is 23.0 Å². The number of likely N-dealkylation sites (tertiary alicyclic amines) is 1. The molecule has 0 spiro atoms. The summed E-state index contributed by atoms with van der Waals surface area (Å²) in [5.41, 5.74) is 0.294. The zero-order valence-electron chi connectivity index (χ0n) is 8.64. The van der Waals surface area contributed by atoms with E-state index >= 15 is 0 Å². The average molecular weight is 242 g/mol. The molecule has 1 unspecified atom stereocenters. The number of rotatable bonds is 2.